The third-order valence-corrected chi connectivity index (χ3v) is 10.1. The lowest BCUT2D eigenvalue weighted by Crippen LogP contribution is -2.56. The highest BCUT2D eigenvalue weighted by Gasteiger charge is 2.57. The molecular formula is C37H55F6N9O8. The number of ether oxygens (including phenoxy) is 1. The van der Waals surface area contributed by atoms with Gasteiger partial charge in [0.1, 0.15) is 29.8 Å². The fourth-order valence-corrected chi connectivity index (χ4v) is 7.02. The van der Waals surface area contributed by atoms with Crippen LogP contribution in [0.2, 0.25) is 0 Å². The van der Waals surface area contributed by atoms with E-state index in [2.05, 4.69) is 27.9 Å². The molecule has 0 spiro atoms. The lowest BCUT2D eigenvalue weighted by molar-refractivity contribution is -0.209. The van der Waals surface area contributed by atoms with Gasteiger partial charge in [-0.05, 0) is 31.0 Å². The number of amides is 2. The molecule has 23 heteroatoms. The Hall–Kier alpha value is -3.94. The van der Waals surface area contributed by atoms with E-state index in [1.54, 1.807) is 6.20 Å². The lowest BCUT2D eigenvalue weighted by atomic mass is 10.0. The molecule has 6 atom stereocenters. The van der Waals surface area contributed by atoms with E-state index in [-0.39, 0.29) is 70.3 Å². The van der Waals surface area contributed by atoms with E-state index in [0.29, 0.717) is 29.3 Å². The zero-order chi connectivity index (χ0) is 44.1. The van der Waals surface area contributed by atoms with E-state index in [4.69, 9.17) is 15.6 Å². The Labute approximate surface area is 342 Å². The van der Waals surface area contributed by atoms with Crippen molar-refractivity contribution in [3.05, 3.63) is 58.4 Å². The summed E-state index contributed by atoms with van der Waals surface area (Å²) in [5, 5.41) is 63.3. The molecule has 338 valence electrons. The highest BCUT2D eigenvalue weighted by atomic mass is 19.4. The van der Waals surface area contributed by atoms with Gasteiger partial charge in [-0.1, -0.05) is 31.4 Å². The van der Waals surface area contributed by atoms with Crippen LogP contribution in [-0.4, -0.2) is 169 Å². The summed E-state index contributed by atoms with van der Waals surface area (Å²) in [6.45, 7) is 1.78. The number of carbonyl (C=O) groups is 2. The van der Waals surface area contributed by atoms with Crippen molar-refractivity contribution < 1.29 is 66.2 Å². The molecule has 2 aliphatic heterocycles. The predicted molar refractivity (Wildman–Crippen MR) is 200 cm³/mol. The second-order valence-electron chi connectivity index (χ2n) is 14.8. The molecule has 0 radical (unpaired) electrons. The number of nitrogens with zero attached hydrogens (tertiary/aromatic N) is 6. The molecule has 2 aliphatic rings. The first-order valence-corrected chi connectivity index (χ1v) is 19.7. The van der Waals surface area contributed by atoms with Gasteiger partial charge in [-0.3, -0.25) is 19.4 Å². The second kappa shape index (κ2) is 22.8. The van der Waals surface area contributed by atoms with Crippen molar-refractivity contribution in [1.29, 1.82) is 0 Å². The number of nitrogens with one attached hydrogen (secondary N) is 2. The first kappa shape index (κ1) is 48.7. The van der Waals surface area contributed by atoms with Gasteiger partial charge in [0.25, 0.3) is 5.91 Å². The predicted octanol–water partition coefficient (Wildman–Crippen LogP) is -0.546. The molecular weight excluding hydrogens is 812 g/mol. The number of fused-ring (bicyclic) bond motifs is 1. The fourth-order valence-electron chi connectivity index (χ4n) is 7.02. The van der Waals surface area contributed by atoms with E-state index >= 15 is 0 Å². The van der Waals surface area contributed by atoms with Crippen LogP contribution in [0.5, 0.6) is 0 Å². The van der Waals surface area contributed by atoms with E-state index in [0.717, 1.165) is 30.6 Å². The maximum Gasteiger partial charge on any atom is 0.428 e. The summed E-state index contributed by atoms with van der Waals surface area (Å²) >= 11 is 0. The van der Waals surface area contributed by atoms with Crippen molar-refractivity contribution in [1.82, 2.24) is 40.3 Å². The zero-order valence-electron chi connectivity index (χ0n) is 33.2. The highest BCUT2D eigenvalue weighted by molar-refractivity contribution is 5.99. The number of aliphatic hydroxyl groups excluding tert-OH is 5. The van der Waals surface area contributed by atoms with Crippen LogP contribution in [-0.2, 0) is 33.8 Å². The number of alkyl halides is 3. The second-order valence-corrected chi connectivity index (χ2v) is 14.8. The van der Waals surface area contributed by atoms with Crippen LogP contribution in [0.1, 0.15) is 50.3 Å². The van der Waals surface area contributed by atoms with Gasteiger partial charge in [-0.25, -0.2) is 17.9 Å². The molecule has 1 aromatic heterocycles. The highest BCUT2D eigenvalue weighted by Crippen LogP contribution is 2.40. The quantitative estimate of drug-likeness (QED) is 0.0376. The van der Waals surface area contributed by atoms with Gasteiger partial charge in [0.05, 0.1) is 43.9 Å². The minimum Gasteiger partial charge on any atom is -0.394 e. The molecule has 0 aliphatic carbocycles. The molecule has 9 N–H and O–H groups in total. The maximum atomic E-state index is 14.6. The third kappa shape index (κ3) is 13.3. The summed E-state index contributed by atoms with van der Waals surface area (Å²) in [6, 6.07) is -0.466. The Morgan fingerprint density at radius 1 is 1.05 bits per heavy atom. The molecule has 1 fully saturated rings. The molecule has 17 nitrogen and oxygen atoms in total. The zero-order valence-corrected chi connectivity index (χ0v) is 33.2. The number of hydrogen-bond acceptors (Lipinski definition) is 14. The molecule has 4 rings (SSSR count). The van der Waals surface area contributed by atoms with E-state index in [9.17, 15) is 56.4 Å². The molecule has 0 saturated carbocycles. The molecule has 2 amide bonds. The van der Waals surface area contributed by atoms with Crippen LogP contribution in [0.3, 0.4) is 0 Å². The normalized spacial score (nSPS) is 18.5. The Balaban J connectivity index is 1.32. The van der Waals surface area contributed by atoms with Crippen LogP contribution in [0, 0.1) is 17.5 Å². The minimum absolute atomic E-state index is 0.0687. The van der Waals surface area contributed by atoms with Crippen LogP contribution >= 0.6 is 0 Å². The van der Waals surface area contributed by atoms with Crippen LogP contribution in [0.15, 0.2) is 29.7 Å². The Kier molecular flexibility index (Phi) is 18.5. The molecule has 3 heterocycles. The van der Waals surface area contributed by atoms with Crippen molar-refractivity contribution in [2.45, 2.75) is 101 Å². The monoisotopic (exact) mass is 867 g/mol. The average Bonchev–Trinajstić information content (AvgIpc) is 3.81. The minimum atomic E-state index is -5.01. The summed E-state index contributed by atoms with van der Waals surface area (Å²) in [6.07, 6.45) is -10.1. The molecule has 2 aromatic rings. The van der Waals surface area contributed by atoms with Gasteiger partial charge in [-0.15, -0.1) is 5.10 Å². The van der Waals surface area contributed by atoms with E-state index in [1.165, 1.54) is 4.68 Å². The standard InChI is InChI=1S/C37H55F6N9O8/c1-2-3-4-5-8-49(20-29(54)33(57)34(58)30(55)21-53)18-24-19-50(48-47-24)10-12-60-11-7-46-35(59)32-28-17-45-6-9-51(28)36(37(41,42)43)52(32)31(56)15-23(44)13-22-14-26(39)27(40)16-25(22)38/h14,16,19,23,29-30,33-34,36,45,53-55,57-58H,2-13,15,17-18,20-21,44H2,1H3,(H,46,59)/t23-,29?,30?,33?,34?,36?/m1/s1. The molecule has 60 heavy (non-hydrogen) atoms. The summed E-state index contributed by atoms with van der Waals surface area (Å²) in [5.74, 6) is -6.14. The number of aromatic nitrogens is 3. The summed E-state index contributed by atoms with van der Waals surface area (Å²) in [7, 11) is 0. The number of nitrogens with two attached hydrogens (primary N) is 1. The molecule has 0 bridgehead atoms. The topological polar surface area (TPSA) is 235 Å². The summed E-state index contributed by atoms with van der Waals surface area (Å²) < 4.78 is 92.2. The van der Waals surface area contributed by atoms with Crippen molar-refractivity contribution in [3.8, 4) is 0 Å². The average molecular weight is 868 g/mol. The number of benzene rings is 1. The number of unbranched alkanes of at least 4 members (excludes halogenated alkanes) is 3. The van der Waals surface area contributed by atoms with Crippen LogP contribution in [0.25, 0.3) is 0 Å². The molecule has 1 saturated heterocycles. The summed E-state index contributed by atoms with van der Waals surface area (Å²) in [5.41, 5.74) is 5.52. The van der Waals surface area contributed by atoms with Gasteiger partial charge in [0.2, 0.25) is 12.1 Å². The SMILES string of the molecule is CCCCCCN(Cc1cn(CCOCCNC(=O)C2=C3CNCCN3C(C(F)(F)F)N2C(=O)C[C@H](N)Cc2cc(F)c(F)cc2F)nn1)CC(O)C(O)C(O)C(O)CO. The van der Waals surface area contributed by atoms with Crippen LogP contribution < -0.4 is 16.4 Å². The smallest absolute Gasteiger partial charge is 0.394 e. The summed E-state index contributed by atoms with van der Waals surface area (Å²) in [4.78, 5) is 30.1. The van der Waals surface area contributed by atoms with Gasteiger partial charge < -0.3 is 51.5 Å². The number of carbonyl (C=O) groups excluding carboxylic acids is 2. The largest absolute Gasteiger partial charge is 0.428 e. The molecule has 1 aromatic carbocycles. The third-order valence-electron chi connectivity index (χ3n) is 10.1. The van der Waals surface area contributed by atoms with Crippen molar-refractivity contribution in [2.75, 3.05) is 59.1 Å². The van der Waals surface area contributed by atoms with Crippen molar-refractivity contribution >= 4 is 11.8 Å². The Morgan fingerprint density at radius 2 is 1.77 bits per heavy atom. The van der Waals surface area contributed by atoms with Crippen LogP contribution in [0.4, 0.5) is 26.3 Å². The Bertz CT molecular complexity index is 1740. The van der Waals surface area contributed by atoms with Gasteiger partial charge >= 0.3 is 6.18 Å². The maximum absolute atomic E-state index is 14.6. The van der Waals surface area contributed by atoms with Gasteiger partial charge in [0, 0.05) is 64.0 Å². The number of rotatable bonds is 24. The number of halogens is 6. The van der Waals surface area contributed by atoms with Crippen molar-refractivity contribution in [2.24, 2.45) is 5.73 Å². The Morgan fingerprint density at radius 3 is 2.47 bits per heavy atom. The lowest BCUT2D eigenvalue weighted by Gasteiger charge is -2.36. The van der Waals surface area contributed by atoms with E-state index < -0.39 is 97.2 Å². The first-order valence-electron chi connectivity index (χ1n) is 19.7. The number of hydrogen-bond donors (Lipinski definition) is 8. The first-order chi connectivity index (χ1) is 28.5. The van der Waals surface area contributed by atoms with Gasteiger partial charge in [0.15, 0.2) is 11.6 Å². The van der Waals surface area contributed by atoms with Gasteiger partial charge in [-0.2, -0.15) is 13.2 Å². The fraction of sp³-hybridized carbons (Fsp3) is 0.676. The van der Waals surface area contributed by atoms with E-state index in [1.807, 2.05) is 4.90 Å². The molecule has 5 unspecified atom stereocenters. The number of piperazine rings is 1. The number of aliphatic hydroxyl groups is 5. The van der Waals surface area contributed by atoms with Crippen molar-refractivity contribution in [3.63, 3.8) is 0 Å².